The van der Waals surface area contributed by atoms with Crippen LogP contribution < -0.4 is 5.73 Å². The van der Waals surface area contributed by atoms with Gasteiger partial charge in [-0.1, -0.05) is 11.6 Å². The minimum absolute atomic E-state index is 0.00751. The third kappa shape index (κ3) is 4.01. The number of fused-ring (bicyclic) bond motifs is 1. The zero-order valence-corrected chi connectivity index (χ0v) is 15.9. The van der Waals surface area contributed by atoms with Gasteiger partial charge in [-0.15, -0.1) is 0 Å². The van der Waals surface area contributed by atoms with Crippen molar-refractivity contribution >= 4 is 34.3 Å². The van der Waals surface area contributed by atoms with Gasteiger partial charge in [0, 0.05) is 29.1 Å². The fourth-order valence-electron chi connectivity index (χ4n) is 3.23. The zero-order chi connectivity index (χ0) is 19.1. The topological polar surface area (TPSA) is 68.5 Å². The number of nitrogens with two attached hydrogens (primary N) is 1. The normalized spacial score (nSPS) is 21.0. The first-order valence-electron chi connectivity index (χ1n) is 8.61. The van der Waals surface area contributed by atoms with Crippen molar-refractivity contribution in [1.29, 1.82) is 0 Å². The lowest BCUT2D eigenvalue weighted by Crippen LogP contribution is -2.46. The van der Waals surface area contributed by atoms with E-state index in [9.17, 15) is 9.18 Å². The summed E-state index contributed by atoms with van der Waals surface area (Å²) in [4.78, 5) is 17.6. The summed E-state index contributed by atoms with van der Waals surface area (Å²) >= 11 is 6.40. The second kappa shape index (κ2) is 6.91. The van der Waals surface area contributed by atoms with Gasteiger partial charge in [0.05, 0.1) is 6.54 Å². The van der Waals surface area contributed by atoms with Crippen LogP contribution in [0.1, 0.15) is 38.7 Å². The van der Waals surface area contributed by atoms with E-state index in [4.69, 9.17) is 22.1 Å². The molecule has 1 saturated heterocycles. The number of aromatic nitrogens is 1. The van der Waals surface area contributed by atoms with Crippen molar-refractivity contribution in [2.75, 3.05) is 18.8 Å². The van der Waals surface area contributed by atoms with Crippen LogP contribution in [0.2, 0.25) is 5.02 Å². The van der Waals surface area contributed by atoms with Crippen LogP contribution in [-0.2, 0) is 4.74 Å². The number of amides is 1. The van der Waals surface area contributed by atoms with Crippen LogP contribution in [0.25, 0.3) is 10.8 Å². The smallest absolute Gasteiger partial charge is 0.410 e. The van der Waals surface area contributed by atoms with E-state index in [0.29, 0.717) is 23.8 Å². The van der Waals surface area contributed by atoms with Gasteiger partial charge in [0.25, 0.3) is 0 Å². The Bertz CT molecular complexity index is 837. The summed E-state index contributed by atoms with van der Waals surface area (Å²) in [6, 6.07) is 5.40. The Balaban J connectivity index is 1.80. The molecular weight excluding hydrogens is 357 g/mol. The van der Waals surface area contributed by atoms with Crippen LogP contribution >= 0.6 is 11.6 Å². The number of carbonyl (C=O) groups is 1. The highest BCUT2D eigenvalue weighted by atomic mass is 35.5. The summed E-state index contributed by atoms with van der Waals surface area (Å²) in [6.45, 7) is 5.79. The van der Waals surface area contributed by atoms with Gasteiger partial charge < -0.3 is 15.4 Å². The molecule has 0 aliphatic carbocycles. The van der Waals surface area contributed by atoms with E-state index in [1.54, 1.807) is 39.1 Å². The quantitative estimate of drug-likeness (QED) is 0.790. The van der Waals surface area contributed by atoms with E-state index in [-0.39, 0.29) is 12.5 Å². The molecule has 3 rings (SSSR count). The van der Waals surface area contributed by atoms with Crippen molar-refractivity contribution in [3.8, 4) is 0 Å². The average Bonchev–Trinajstić information content (AvgIpc) is 2.53. The van der Waals surface area contributed by atoms with Crippen molar-refractivity contribution in [2.24, 2.45) is 0 Å². The molecule has 1 fully saturated rings. The van der Waals surface area contributed by atoms with Gasteiger partial charge >= 0.3 is 6.09 Å². The van der Waals surface area contributed by atoms with Crippen LogP contribution in [0, 0.1) is 0 Å². The Kier molecular flexibility index (Phi) is 4.97. The Morgan fingerprint density at radius 1 is 1.35 bits per heavy atom. The van der Waals surface area contributed by atoms with Crippen LogP contribution in [0.4, 0.5) is 15.0 Å². The molecule has 26 heavy (non-hydrogen) atoms. The molecule has 1 aromatic carbocycles. The number of anilines is 1. The lowest BCUT2D eigenvalue weighted by Gasteiger charge is -2.36. The third-order valence-corrected chi connectivity index (χ3v) is 4.78. The van der Waals surface area contributed by atoms with Gasteiger partial charge in [-0.05, 0) is 56.3 Å². The number of benzene rings is 1. The predicted molar refractivity (Wildman–Crippen MR) is 101 cm³/mol. The van der Waals surface area contributed by atoms with Gasteiger partial charge in [0.2, 0.25) is 0 Å². The number of halogens is 2. The van der Waals surface area contributed by atoms with Gasteiger partial charge in [0.1, 0.15) is 17.6 Å². The molecule has 5 nitrogen and oxygen atoms in total. The fourth-order valence-corrected chi connectivity index (χ4v) is 3.54. The predicted octanol–water partition coefficient (Wildman–Crippen LogP) is 4.53. The number of likely N-dealkylation sites (tertiary alicyclic amines) is 1. The molecule has 0 spiro atoms. The van der Waals surface area contributed by atoms with Gasteiger partial charge in [0.15, 0.2) is 0 Å². The van der Waals surface area contributed by atoms with Gasteiger partial charge in [-0.25, -0.2) is 14.2 Å². The maximum absolute atomic E-state index is 14.9. The molecule has 1 aromatic heterocycles. The number of hydrogen-bond donors (Lipinski definition) is 1. The van der Waals surface area contributed by atoms with Crippen molar-refractivity contribution in [1.82, 2.24) is 9.88 Å². The first-order valence-corrected chi connectivity index (χ1v) is 8.98. The van der Waals surface area contributed by atoms with Crippen LogP contribution in [0.5, 0.6) is 0 Å². The molecule has 1 aliphatic rings. The van der Waals surface area contributed by atoms with Gasteiger partial charge in [-0.3, -0.25) is 0 Å². The Morgan fingerprint density at radius 3 is 2.73 bits per heavy atom. The van der Waals surface area contributed by atoms with Gasteiger partial charge in [-0.2, -0.15) is 0 Å². The molecule has 0 saturated carbocycles. The molecule has 0 bridgehead atoms. The molecular formula is C19H23ClFN3O2. The Hall–Kier alpha value is -2.08. The number of rotatable bonds is 1. The fraction of sp³-hybridized carbons (Fsp3) is 0.474. The summed E-state index contributed by atoms with van der Waals surface area (Å²) < 4.78 is 20.2. The van der Waals surface area contributed by atoms with E-state index >= 15 is 0 Å². The molecule has 1 amide bonds. The van der Waals surface area contributed by atoms with Crippen molar-refractivity contribution < 1.29 is 13.9 Å². The minimum Gasteiger partial charge on any atom is -0.444 e. The zero-order valence-electron chi connectivity index (χ0n) is 15.1. The summed E-state index contributed by atoms with van der Waals surface area (Å²) in [5, 5.41) is 2.23. The number of nitrogen functional groups attached to an aromatic ring is 1. The summed E-state index contributed by atoms with van der Waals surface area (Å²) in [5.74, 6) is 0.0299. The monoisotopic (exact) mass is 379 g/mol. The molecule has 0 radical (unpaired) electrons. The van der Waals surface area contributed by atoms with Crippen LogP contribution in [0.3, 0.4) is 0 Å². The highest BCUT2D eigenvalue weighted by Crippen LogP contribution is 2.37. The summed E-state index contributed by atoms with van der Waals surface area (Å²) in [5.41, 5.74) is 5.88. The largest absolute Gasteiger partial charge is 0.444 e. The minimum atomic E-state index is -1.22. The standard InChI is InChI=1S/C19H23ClFN3O2/c1-19(2,3)26-18(25)24-5-4-13(16(21)10-24)14-6-11-8-17(22)23-9-12(11)7-15(14)20/h6-9,13,16H,4-5,10H2,1-3H3,(H2,22,23). The maximum atomic E-state index is 14.9. The number of alkyl halides is 1. The molecule has 140 valence electrons. The number of pyridine rings is 1. The van der Waals surface area contributed by atoms with Crippen molar-refractivity contribution in [3.63, 3.8) is 0 Å². The number of nitrogens with zero attached hydrogens (tertiary/aromatic N) is 2. The Labute approximate surface area is 157 Å². The van der Waals surface area contributed by atoms with Crippen LogP contribution in [-0.4, -0.2) is 40.8 Å². The lowest BCUT2D eigenvalue weighted by molar-refractivity contribution is 0.0111. The Morgan fingerprint density at radius 2 is 2.08 bits per heavy atom. The molecule has 2 unspecified atom stereocenters. The molecule has 2 heterocycles. The number of carbonyl (C=O) groups excluding carboxylic acids is 1. The first-order chi connectivity index (χ1) is 12.1. The molecule has 2 atom stereocenters. The molecule has 1 aliphatic heterocycles. The highest BCUT2D eigenvalue weighted by Gasteiger charge is 2.35. The van der Waals surface area contributed by atoms with E-state index in [1.165, 1.54) is 4.90 Å². The SMILES string of the molecule is CC(C)(C)OC(=O)N1CCC(c2cc3cc(N)ncc3cc2Cl)C(F)C1. The molecule has 2 N–H and O–H groups in total. The number of piperidine rings is 1. The van der Waals surface area contributed by atoms with Crippen LogP contribution in [0.15, 0.2) is 24.4 Å². The lowest BCUT2D eigenvalue weighted by atomic mass is 9.87. The summed E-state index contributed by atoms with van der Waals surface area (Å²) in [7, 11) is 0. The maximum Gasteiger partial charge on any atom is 0.410 e. The summed E-state index contributed by atoms with van der Waals surface area (Å²) in [6.07, 6.45) is 0.428. The van der Waals surface area contributed by atoms with E-state index < -0.39 is 17.9 Å². The number of hydrogen-bond acceptors (Lipinski definition) is 4. The highest BCUT2D eigenvalue weighted by molar-refractivity contribution is 6.32. The van der Waals surface area contributed by atoms with E-state index in [2.05, 4.69) is 4.98 Å². The van der Waals surface area contributed by atoms with Crippen molar-refractivity contribution in [2.45, 2.75) is 44.9 Å². The number of ether oxygens (including phenoxy) is 1. The van der Waals surface area contributed by atoms with Crippen molar-refractivity contribution in [3.05, 3.63) is 35.0 Å². The van der Waals surface area contributed by atoms with E-state index in [0.717, 1.165) is 16.3 Å². The second-order valence-corrected chi connectivity index (χ2v) is 8.07. The second-order valence-electron chi connectivity index (χ2n) is 7.67. The first kappa shape index (κ1) is 18.7. The van der Waals surface area contributed by atoms with E-state index in [1.807, 2.05) is 6.07 Å². The molecule has 7 heteroatoms. The third-order valence-electron chi connectivity index (χ3n) is 4.45. The molecule has 2 aromatic rings. The average molecular weight is 380 g/mol.